The number of benzene rings is 6. The number of hydrogen-bond donors (Lipinski definition) is 6. The molecular formula is C34H28N4O4. The van der Waals surface area contributed by atoms with Crippen molar-refractivity contribution in [2.75, 3.05) is 22.9 Å². The lowest BCUT2D eigenvalue weighted by Crippen LogP contribution is -2.04. The molecule has 0 aliphatic carbocycles. The van der Waals surface area contributed by atoms with Crippen LogP contribution in [0.4, 0.5) is 22.7 Å². The fourth-order valence-corrected chi connectivity index (χ4v) is 4.96. The second-order valence-electron chi connectivity index (χ2n) is 9.71. The van der Waals surface area contributed by atoms with E-state index in [1.54, 1.807) is 12.1 Å². The molecule has 0 aliphatic rings. The Balaban J connectivity index is 0.000000169. The van der Waals surface area contributed by atoms with Crippen LogP contribution in [0.5, 0.6) is 0 Å². The molecule has 6 rings (SSSR count). The lowest BCUT2D eigenvalue weighted by Gasteiger charge is -2.13. The largest absolute Gasteiger partial charge is 0.478 e. The van der Waals surface area contributed by atoms with Gasteiger partial charge >= 0.3 is 11.9 Å². The molecule has 0 saturated carbocycles. The number of carboxylic acid groups (broad SMARTS) is 2. The fraction of sp³-hybridized carbons (Fsp3) is 0. The van der Waals surface area contributed by atoms with E-state index in [1.165, 1.54) is 35.4 Å². The van der Waals surface area contributed by atoms with E-state index < -0.39 is 11.9 Å². The van der Waals surface area contributed by atoms with Crippen molar-refractivity contribution in [1.82, 2.24) is 0 Å². The molecule has 0 radical (unpaired) electrons. The van der Waals surface area contributed by atoms with Gasteiger partial charge in [0.05, 0.1) is 11.1 Å². The first-order valence-corrected chi connectivity index (χ1v) is 13.0. The highest BCUT2D eigenvalue weighted by molar-refractivity contribution is 6.10. The lowest BCUT2D eigenvalue weighted by molar-refractivity contribution is 0.0687. The second kappa shape index (κ2) is 11.2. The smallest absolute Gasteiger partial charge is 0.337 e. The number of hydrogen-bond acceptors (Lipinski definition) is 6. The van der Waals surface area contributed by atoms with Crippen molar-refractivity contribution < 1.29 is 19.8 Å². The number of nitrogens with two attached hydrogens (primary N) is 4. The van der Waals surface area contributed by atoms with Crippen molar-refractivity contribution >= 4 is 56.2 Å². The highest BCUT2D eigenvalue weighted by Crippen LogP contribution is 2.37. The van der Waals surface area contributed by atoms with Gasteiger partial charge in [0.1, 0.15) is 0 Å². The molecule has 0 amide bonds. The molecule has 0 spiro atoms. The van der Waals surface area contributed by atoms with Crippen LogP contribution in [0.25, 0.3) is 43.8 Å². The number of aromatic carboxylic acids is 2. The van der Waals surface area contributed by atoms with Crippen LogP contribution < -0.4 is 22.9 Å². The molecule has 0 aliphatic heterocycles. The van der Waals surface area contributed by atoms with E-state index >= 15 is 0 Å². The summed E-state index contributed by atoms with van der Waals surface area (Å²) in [5, 5.41) is 22.6. The highest BCUT2D eigenvalue weighted by atomic mass is 16.4. The number of fused-ring (bicyclic) bond motifs is 2. The molecule has 6 aromatic rings. The fourth-order valence-electron chi connectivity index (χ4n) is 4.96. The minimum Gasteiger partial charge on any atom is -0.478 e. The van der Waals surface area contributed by atoms with Crippen LogP contribution in [-0.4, -0.2) is 22.2 Å². The van der Waals surface area contributed by atoms with Crippen LogP contribution in [0.2, 0.25) is 0 Å². The van der Waals surface area contributed by atoms with Crippen molar-refractivity contribution in [2.24, 2.45) is 0 Å². The molecule has 0 heterocycles. The van der Waals surface area contributed by atoms with Gasteiger partial charge in [-0.25, -0.2) is 9.59 Å². The Labute approximate surface area is 241 Å². The maximum absolute atomic E-state index is 11.0. The number of anilines is 4. The summed E-state index contributed by atoms with van der Waals surface area (Å²) >= 11 is 0. The molecule has 0 bridgehead atoms. The summed E-state index contributed by atoms with van der Waals surface area (Å²) in [7, 11) is 0. The lowest BCUT2D eigenvalue weighted by atomic mass is 9.93. The zero-order chi connectivity index (χ0) is 30.0. The first-order valence-electron chi connectivity index (χ1n) is 13.0. The summed E-state index contributed by atoms with van der Waals surface area (Å²) in [4.78, 5) is 22.1. The van der Waals surface area contributed by atoms with Crippen molar-refractivity contribution in [2.45, 2.75) is 0 Å². The highest BCUT2D eigenvalue weighted by Gasteiger charge is 2.13. The van der Waals surface area contributed by atoms with Gasteiger partial charge in [0, 0.05) is 33.5 Å². The number of nitrogen functional groups attached to an aromatic ring is 4. The van der Waals surface area contributed by atoms with E-state index in [1.807, 2.05) is 36.4 Å². The molecule has 0 unspecified atom stereocenters. The molecule has 8 nitrogen and oxygen atoms in total. The zero-order valence-electron chi connectivity index (χ0n) is 22.4. The van der Waals surface area contributed by atoms with Gasteiger partial charge in [-0.15, -0.1) is 0 Å². The minimum absolute atomic E-state index is 0.0313. The van der Waals surface area contributed by atoms with Gasteiger partial charge in [0.2, 0.25) is 0 Å². The van der Waals surface area contributed by atoms with Crippen LogP contribution in [0.3, 0.4) is 0 Å². The van der Waals surface area contributed by atoms with Gasteiger partial charge in [-0.1, -0.05) is 72.8 Å². The van der Waals surface area contributed by atoms with E-state index in [9.17, 15) is 9.59 Å². The molecule has 8 heteroatoms. The Morgan fingerprint density at radius 2 is 0.762 bits per heavy atom. The summed E-state index contributed by atoms with van der Waals surface area (Å²) < 4.78 is 0. The average molecular weight is 557 g/mol. The van der Waals surface area contributed by atoms with E-state index in [4.69, 9.17) is 33.1 Å². The van der Waals surface area contributed by atoms with Gasteiger partial charge in [-0.2, -0.15) is 0 Å². The monoisotopic (exact) mass is 556 g/mol. The molecular weight excluding hydrogens is 528 g/mol. The predicted octanol–water partition coefficient (Wildman–Crippen LogP) is 6.74. The Hall–Kier alpha value is -6.02. The van der Waals surface area contributed by atoms with Crippen molar-refractivity contribution in [3.8, 4) is 22.3 Å². The van der Waals surface area contributed by atoms with E-state index in [0.717, 1.165) is 32.9 Å². The van der Waals surface area contributed by atoms with Gasteiger partial charge in [-0.05, 0) is 69.4 Å². The first-order chi connectivity index (χ1) is 20.2. The Morgan fingerprint density at radius 1 is 0.429 bits per heavy atom. The van der Waals surface area contributed by atoms with E-state index in [2.05, 4.69) is 36.4 Å². The van der Waals surface area contributed by atoms with Gasteiger partial charge in [0.15, 0.2) is 0 Å². The Morgan fingerprint density at radius 3 is 1.12 bits per heavy atom. The summed E-state index contributed by atoms with van der Waals surface area (Å²) in [5.74, 6) is -2.28. The van der Waals surface area contributed by atoms with Crippen LogP contribution in [0, 0.1) is 0 Å². The third-order valence-corrected chi connectivity index (χ3v) is 7.11. The quantitative estimate of drug-likeness (QED) is 0.129. The first kappa shape index (κ1) is 27.5. The van der Waals surface area contributed by atoms with Crippen molar-refractivity contribution in [3.05, 3.63) is 120 Å². The number of carboxylic acids is 2. The topological polar surface area (TPSA) is 179 Å². The second-order valence-corrected chi connectivity index (χ2v) is 9.71. The standard InChI is InChI=1S/C20H16N2.C14H12N2O4/c21-19-11-9-15(13-5-1-3-7-17(13)19)16-10-12-20(22)18-8-4-2-6-14(16)18;15-11-3-1-7(5-9(11)13(17)18)8-2-4-12(16)10(6-8)14(19)20/h1-12H,21-22H2;1-6H,15-16H2,(H,17,18)(H,19,20). The SMILES string of the molecule is Nc1ccc(-c2ccc(N)c(C(=O)O)c2)cc1C(=O)O.Nc1ccc(-c2ccc(N)c3ccccc23)c2ccccc12. The summed E-state index contributed by atoms with van der Waals surface area (Å²) in [6, 6.07) is 33.6. The van der Waals surface area contributed by atoms with Crippen LogP contribution in [-0.2, 0) is 0 Å². The van der Waals surface area contributed by atoms with Crippen molar-refractivity contribution in [1.29, 1.82) is 0 Å². The van der Waals surface area contributed by atoms with Gasteiger partial charge in [-0.3, -0.25) is 0 Å². The summed E-state index contributed by atoms with van der Waals surface area (Å²) in [6.45, 7) is 0. The van der Waals surface area contributed by atoms with Crippen LogP contribution >= 0.6 is 0 Å². The Kier molecular flexibility index (Phi) is 7.36. The average Bonchev–Trinajstić information content (AvgIpc) is 2.99. The molecule has 10 N–H and O–H groups in total. The molecule has 0 saturated heterocycles. The maximum Gasteiger partial charge on any atom is 0.337 e. The van der Waals surface area contributed by atoms with Crippen LogP contribution in [0.1, 0.15) is 20.7 Å². The third kappa shape index (κ3) is 5.24. The number of carbonyl (C=O) groups is 2. The summed E-state index contributed by atoms with van der Waals surface area (Å²) in [6.07, 6.45) is 0. The van der Waals surface area contributed by atoms with Crippen molar-refractivity contribution in [3.63, 3.8) is 0 Å². The number of rotatable bonds is 4. The molecule has 42 heavy (non-hydrogen) atoms. The zero-order valence-corrected chi connectivity index (χ0v) is 22.4. The van der Waals surface area contributed by atoms with Crippen LogP contribution in [0.15, 0.2) is 109 Å². The minimum atomic E-state index is -1.14. The van der Waals surface area contributed by atoms with E-state index in [-0.39, 0.29) is 22.5 Å². The van der Waals surface area contributed by atoms with Gasteiger partial charge in [0.25, 0.3) is 0 Å². The molecule has 208 valence electrons. The predicted molar refractivity (Wildman–Crippen MR) is 170 cm³/mol. The normalized spacial score (nSPS) is 10.7. The van der Waals surface area contributed by atoms with Gasteiger partial charge < -0.3 is 33.1 Å². The molecule has 6 aromatic carbocycles. The summed E-state index contributed by atoms with van der Waals surface area (Å²) in [5.41, 5.74) is 28.7. The molecule has 0 atom stereocenters. The third-order valence-electron chi connectivity index (χ3n) is 7.11. The molecule has 0 fully saturated rings. The van der Waals surface area contributed by atoms with E-state index in [0.29, 0.717) is 11.1 Å². The maximum atomic E-state index is 11.0. The molecule has 0 aromatic heterocycles. The Bertz CT molecular complexity index is 1860.